The number of amides is 2. The Hall–Kier alpha value is -2.95. The second-order valence-corrected chi connectivity index (χ2v) is 11.8. The summed E-state index contributed by atoms with van der Waals surface area (Å²) < 4.78 is 32.5. The first-order chi connectivity index (χ1) is 17.4. The topological polar surface area (TPSA) is 99.3 Å². The van der Waals surface area contributed by atoms with Crippen LogP contribution in [0.25, 0.3) is 0 Å². The zero-order chi connectivity index (χ0) is 27.3. The van der Waals surface area contributed by atoms with Gasteiger partial charge in [-0.25, -0.2) is 8.42 Å². The van der Waals surface area contributed by atoms with E-state index in [1.54, 1.807) is 30.9 Å². The van der Waals surface area contributed by atoms with E-state index < -0.39 is 15.9 Å². The van der Waals surface area contributed by atoms with Gasteiger partial charge in [-0.1, -0.05) is 18.2 Å². The zero-order valence-corrected chi connectivity index (χ0v) is 23.4. The van der Waals surface area contributed by atoms with Crippen molar-refractivity contribution in [1.82, 2.24) is 19.4 Å². The zero-order valence-electron chi connectivity index (χ0n) is 22.6. The number of fused-ring (bicyclic) bond motifs is 1. The highest BCUT2D eigenvalue weighted by molar-refractivity contribution is 7.89. The minimum atomic E-state index is -3.91. The van der Waals surface area contributed by atoms with E-state index in [4.69, 9.17) is 4.74 Å². The number of rotatable bonds is 9. The van der Waals surface area contributed by atoms with Crippen LogP contribution in [0, 0.1) is 13.8 Å². The number of hydrogen-bond acceptors (Lipinski definition) is 6. The molecule has 10 heteroatoms. The molecule has 3 rings (SSSR count). The number of ether oxygens (including phenoxy) is 1. The van der Waals surface area contributed by atoms with Gasteiger partial charge in [0.2, 0.25) is 21.8 Å². The van der Waals surface area contributed by atoms with Crippen LogP contribution in [0.3, 0.4) is 0 Å². The van der Waals surface area contributed by atoms with Crippen LogP contribution in [-0.2, 0) is 39.0 Å². The van der Waals surface area contributed by atoms with Crippen molar-refractivity contribution in [3.8, 4) is 5.75 Å². The normalized spacial score (nSPS) is 13.9. The lowest BCUT2D eigenvalue weighted by atomic mass is 10.00. The lowest BCUT2D eigenvalue weighted by Crippen LogP contribution is -2.44. The van der Waals surface area contributed by atoms with Gasteiger partial charge in [0.05, 0.1) is 25.1 Å². The third-order valence-electron chi connectivity index (χ3n) is 6.57. The first-order valence-electron chi connectivity index (χ1n) is 12.3. The summed E-state index contributed by atoms with van der Waals surface area (Å²) in [5.74, 6) is -0.143. The van der Waals surface area contributed by atoms with Crippen LogP contribution >= 0.6 is 0 Å². The van der Waals surface area contributed by atoms with E-state index >= 15 is 0 Å². The fraction of sp³-hybridized carbons (Fsp3) is 0.481. The molecule has 0 unspecified atom stereocenters. The third-order valence-corrected chi connectivity index (χ3v) is 8.67. The number of benzene rings is 2. The number of methoxy groups -OCH3 is 1. The molecular weight excluding hydrogens is 492 g/mol. The SMILES string of the molecule is COc1cc(C)c(S(=O)(=O)N(C)CC(=O)NCC(=O)N2CCc3ccc(CN(C)C)cc3CC2)c(C)c1. The summed E-state index contributed by atoms with van der Waals surface area (Å²) in [6.07, 6.45) is 1.52. The maximum atomic E-state index is 13.2. The van der Waals surface area contributed by atoms with Gasteiger partial charge in [-0.3, -0.25) is 9.59 Å². The molecule has 1 aliphatic heterocycles. The standard InChI is InChI=1S/C27H38N4O5S/c1-19-13-24(36-6)14-20(2)27(19)37(34,35)30(5)18-25(32)28-16-26(33)31-11-9-22-8-7-21(17-29(3)4)15-23(22)10-12-31/h7-8,13-15H,9-12,16-18H2,1-6H3,(H,28,32). The lowest BCUT2D eigenvalue weighted by Gasteiger charge is -2.22. The predicted molar refractivity (Wildman–Crippen MR) is 143 cm³/mol. The molecular formula is C27H38N4O5S. The molecule has 202 valence electrons. The van der Waals surface area contributed by atoms with Gasteiger partial charge in [-0.2, -0.15) is 4.31 Å². The summed E-state index contributed by atoms with van der Waals surface area (Å²) in [5.41, 5.74) is 4.83. The van der Waals surface area contributed by atoms with Crippen molar-refractivity contribution in [3.05, 3.63) is 58.1 Å². The minimum Gasteiger partial charge on any atom is -0.497 e. The number of aryl methyl sites for hydroxylation is 2. The molecule has 0 radical (unpaired) electrons. The van der Waals surface area contributed by atoms with Gasteiger partial charge in [-0.05, 0) is 80.7 Å². The molecule has 0 fully saturated rings. The maximum Gasteiger partial charge on any atom is 0.243 e. The van der Waals surface area contributed by atoms with Crippen molar-refractivity contribution in [2.24, 2.45) is 0 Å². The number of likely N-dealkylation sites (N-methyl/N-ethyl adjacent to an activating group) is 1. The average Bonchev–Trinajstić information content (AvgIpc) is 3.03. The highest BCUT2D eigenvalue weighted by Crippen LogP contribution is 2.27. The van der Waals surface area contributed by atoms with Crippen LogP contribution in [0.15, 0.2) is 35.2 Å². The van der Waals surface area contributed by atoms with Gasteiger partial charge in [0.15, 0.2) is 0 Å². The minimum absolute atomic E-state index is 0.151. The van der Waals surface area contributed by atoms with Crippen LogP contribution in [0.4, 0.5) is 0 Å². The molecule has 0 aromatic heterocycles. The van der Waals surface area contributed by atoms with Crippen LogP contribution in [-0.4, -0.2) is 88.8 Å². The molecule has 0 saturated carbocycles. The van der Waals surface area contributed by atoms with Crippen molar-refractivity contribution in [3.63, 3.8) is 0 Å². The Morgan fingerprint density at radius 3 is 2.22 bits per heavy atom. The lowest BCUT2D eigenvalue weighted by molar-refractivity contribution is -0.132. The molecule has 0 spiro atoms. The Bertz CT molecular complexity index is 1240. The van der Waals surface area contributed by atoms with Crippen molar-refractivity contribution >= 4 is 21.8 Å². The summed E-state index contributed by atoms with van der Waals surface area (Å²) in [5, 5.41) is 2.59. The van der Waals surface area contributed by atoms with Crippen molar-refractivity contribution in [2.45, 2.75) is 38.1 Å². The van der Waals surface area contributed by atoms with Gasteiger partial charge in [-0.15, -0.1) is 0 Å². The molecule has 1 N–H and O–H groups in total. The van der Waals surface area contributed by atoms with E-state index in [-0.39, 0.29) is 23.9 Å². The van der Waals surface area contributed by atoms with E-state index in [0.717, 1.165) is 23.7 Å². The smallest absolute Gasteiger partial charge is 0.243 e. The fourth-order valence-corrected chi connectivity index (χ4v) is 6.24. The average molecular weight is 531 g/mol. The first-order valence-corrected chi connectivity index (χ1v) is 13.8. The molecule has 0 bridgehead atoms. The Morgan fingerprint density at radius 2 is 1.62 bits per heavy atom. The van der Waals surface area contributed by atoms with Gasteiger partial charge in [0, 0.05) is 26.7 Å². The summed E-state index contributed by atoms with van der Waals surface area (Å²) in [7, 11) is 3.04. The molecule has 0 aliphatic carbocycles. The van der Waals surface area contributed by atoms with Crippen LogP contribution in [0.2, 0.25) is 0 Å². The van der Waals surface area contributed by atoms with Gasteiger partial charge in [0.25, 0.3) is 0 Å². The molecule has 9 nitrogen and oxygen atoms in total. The summed E-state index contributed by atoms with van der Waals surface area (Å²) in [6, 6.07) is 9.79. The van der Waals surface area contributed by atoms with Crippen LogP contribution < -0.4 is 10.1 Å². The first kappa shape index (κ1) is 28.6. The number of nitrogens with one attached hydrogen (secondary N) is 1. The van der Waals surface area contributed by atoms with Crippen molar-refractivity contribution in [2.75, 3.05) is 54.4 Å². The Balaban J connectivity index is 1.56. The molecule has 2 aromatic carbocycles. The van der Waals surface area contributed by atoms with E-state index in [0.29, 0.717) is 30.0 Å². The Labute approximate surface area is 220 Å². The molecule has 37 heavy (non-hydrogen) atoms. The number of hydrogen-bond donors (Lipinski definition) is 1. The highest BCUT2D eigenvalue weighted by atomic mass is 32.2. The van der Waals surface area contributed by atoms with E-state index in [1.807, 2.05) is 14.1 Å². The monoisotopic (exact) mass is 530 g/mol. The molecule has 2 amide bonds. The van der Waals surface area contributed by atoms with E-state index in [2.05, 4.69) is 28.4 Å². The Morgan fingerprint density at radius 1 is 1.00 bits per heavy atom. The molecule has 1 heterocycles. The number of nitrogens with zero attached hydrogens (tertiary/aromatic N) is 3. The van der Waals surface area contributed by atoms with E-state index in [9.17, 15) is 18.0 Å². The van der Waals surface area contributed by atoms with Crippen molar-refractivity contribution in [1.29, 1.82) is 0 Å². The van der Waals surface area contributed by atoms with E-state index in [1.165, 1.54) is 30.8 Å². The quantitative estimate of drug-likeness (QED) is 0.530. The molecule has 0 atom stereocenters. The Kier molecular flexibility index (Phi) is 9.33. The highest BCUT2D eigenvalue weighted by Gasteiger charge is 2.27. The second kappa shape index (κ2) is 12.1. The van der Waals surface area contributed by atoms with Gasteiger partial charge >= 0.3 is 0 Å². The van der Waals surface area contributed by atoms with Gasteiger partial charge in [0.1, 0.15) is 5.75 Å². The van der Waals surface area contributed by atoms with Crippen LogP contribution in [0.1, 0.15) is 27.8 Å². The molecule has 0 saturated heterocycles. The van der Waals surface area contributed by atoms with Crippen LogP contribution in [0.5, 0.6) is 5.75 Å². The predicted octanol–water partition coefficient (Wildman–Crippen LogP) is 1.74. The summed E-state index contributed by atoms with van der Waals surface area (Å²) in [6.45, 7) is 4.85. The number of carbonyl (C=O) groups is 2. The summed E-state index contributed by atoms with van der Waals surface area (Å²) >= 11 is 0. The van der Waals surface area contributed by atoms with Gasteiger partial charge < -0.3 is 19.9 Å². The maximum absolute atomic E-state index is 13.2. The molecule has 2 aromatic rings. The van der Waals surface area contributed by atoms with Crippen molar-refractivity contribution < 1.29 is 22.7 Å². The largest absolute Gasteiger partial charge is 0.497 e. The second-order valence-electron chi connectivity index (χ2n) is 9.85. The third kappa shape index (κ3) is 7.09. The fourth-order valence-electron chi connectivity index (χ4n) is 4.71. The number of carbonyl (C=O) groups excluding carboxylic acids is 2. The number of sulfonamides is 1. The molecule has 1 aliphatic rings. The summed E-state index contributed by atoms with van der Waals surface area (Å²) in [4.78, 5) is 29.4.